The van der Waals surface area contributed by atoms with Crippen molar-refractivity contribution in [2.24, 2.45) is 7.05 Å². The Morgan fingerprint density at radius 3 is 2.65 bits per heavy atom. The number of amides is 1. The van der Waals surface area contributed by atoms with Gasteiger partial charge in [-0.15, -0.1) is 0 Å². The Morgan fingerprint density at radius 1 is 1.19 bits per heavy atom. The highest BCUT2D eigenvalue weighted by Crippen LogP contribution is 2.47. The van der Waals surface area contributed by atoms with E-state index in [9.17, 15) is 4.79 Å². The van der Waals surface area contributed by atoms with Crippen molar-refractivity contribution in [2.75, 3.05) is 0 Å². The second-order valence-electron chi connectivity index (χ2n) is 10.4. The normalized spacial score (nSPS) is 14.7. The van der Waals surface area contributed by atoms with Gasteiger partial charge in [0, 0.05) is 36.0 Å². The van der Waals surface area contributed by atoms with Crippen LogP contribution in [0.5, 0.6) is 0 Å². The van der Waals surface area contributed by atoms with Crippen molar-refractivity contribution in [1.29, 1.82) is 0 Å². The monoisotopic (exact) mass is 500 g/mol. The third kappa shape index (κ3) is 4.05. The molecule has 0 radical (unpaired) electrons. The summed E-state index contributed by atoms with van der Waals surface area (Å²) >= 11 is 0. The molecule has 1 aliphatic carbocycles. The number of benzene rings is 1. The number of pyridine rings is 1. The Bertz CT molecular complexity index is 1650. The Balaban J connectivity index is 1.29. The summed E-state index contributed by atoms with van der Waals surface area (Å²) in [4.78, 5) is 29.3. The number of imidazole rings is 1. The zero-order valence-corrected chi connectivity index (χ0v) is 20.8. The van der Waals surface area contributed by atoms with Crippen LogP contribution in [0.15, 0.2) is 47.4 Å². The SMILES string of the molecule is Cn1cc(-c2nc3c(-c4ccc(C5(NC(=O)c6noc(C(C)(C)C)n6)CC5)c(F)c4)ccnc3[nH]2)cn1. The van der Waals surface area contributed by atoms with Crippen LogP contribution in [-0.2, 0) is 18.0 Å². The van der Waals surface area contributed by atoms with Crippen LogP contribution in [0, 0.1) is 5.82 Å². The lowest BCUT2D eigenvalue weighted by Crippen LogP contribution is -2.36. The second kappa shape index (κ2) is 8.05. The molecule has 4 heterocycles. The van der Waals surface area contributed by atoms with Crippen LogP contribution >= 0.6 is 0 Å². The zero-order chi connectivity index (χ0) is 25.9. The topological polar surface area (TPSA) is 127 Å². The molecule has 1 aliphatic rings. The first-order valence-electron chi connectivity index (χ1n) is 11.9. The maximum absolute atomic E-state index is 15.5. The highest BCUT2D eigenvalue weighted by atomic mass is 19.1. The molecule has 1 fully saturated rings. The number of nitrogens with one attached hydrogen (secondary N) is 2. The molecule has 10 nitrogen and oxygen atoms in total. The first-order valence-corrected chi connectivity index (χ1v) is 11.9. The van der Waals surface area contributed by atoms with E-state index < -0.39 is 17.3 Å². The molecule has 6 rings (SSSR count). The third-order valence-electron chi connectivity index (χ3n) is 6.53. The van der Waals surface area contributed by atoms with Gasteiger partial charge in [-0.3, -0.25) is 9.48 Å². The molecular formula is C26H25FN8O2. The van der Waals surface area contributed by atoms with Gasteiger partial charge in [0.1, 0.15) is 17.2 Å². The highest BCUT2D eigenvalue weighted by Gasteiger charge is 2.48. The van der Waals surface area contributed by atoms with Crippen molar-refractivity contribution in [1.82, 2.24) is 40.2 Å². The molecule has 0 bridgehead atoms. The summed E-state index contributed by atoms with van der Waals surface area (Å²) < 4.78 is 22.4. The average Bonchev–Trinajstić information content (AvgIpc) is 3.25. The van der Waals surface area contributed by atoms with E-state index in [0.717, 1.165) is 11.1 Å². The van der Waals surface area contributed by atoms with Crippen molar-refractivity contribution in [3.63, 3.8) is 0 Å². The van der Waals surface area contributed by atoms with Crippen molar-refractivity contribution in [2.45, 2.75) is 44.6 Å². The Morgan fingerprint density at radius 2 is 2.00 bits per heavy atom. The van der Waals surface area contributed by atoms with Crippen molar-refractivity contribution in [3.8, 4) is 22.5 Å². The molecule has 4 aromatic heterocycles. The van der Waals surface area contributed by atoms with Gasteiger partial charge in [0.15, 0.2) is 5.65 Å². The van der Waals surface area contributed by atoms with Gasteiger partial charge in [0.05, 0.1) is 17.3 Å². The van der Waals surface area contributed by atoms with E-state index in [-0.39, 0.29) is 11.2 Å². The molecule has 1 saturated carbocycles. The van der Waals surface area contributed by atoms with Gasteiger partial charge in [-0.05, 0) is 30.5 Å². The number of fused-ring (bicyclic) bond motifs is 1. The largest absolute Gasteiger partial charge is 0.340 e. The lowest BCUT2D eigenvalue weighted by atomic mass is 9.97. The highest BCUT2D eigenvalue weighted by molar-refractivity contribution is 5.92. The summed E-state index contributed by atoms with van der Waals surface area (Å²) in [6, 6.07) is 6.84. The molecule has 0 aliphatic heterocycles. The predicted molar refractivity (Wildman–Crippen MR) is 133 cm³/mol. The lowest BCUT2D eigenvalue weighted by molar-refractivity contribution is 0.0916. The number of hydrogen-bond donors (Lipinski definition) is 2. The molecule has 2 N–H and O–H groups in total. The Labute approximate surface area is 211 Å². The first kappa shape index (κ1) is 23.0. The van der Waals surface area contributed by atoms with Gasteiger partial charge in [-0.2, -0.15) is 10.1 Å². The number of hydrogen-bond acceptors (Lipinski definition) is 7. The van der Waals surface area contributed by atoms with Crippen LogP contribution in [0.1, 0.15) is 55.7 Å². The predicted octanol–water partition coefficient (Wildman–Crippen LogP) is 4.26. The fraction of sp³-hybridized carbons (Fsp3) is 0.308. The number of aromatic amines is 1. The summed E-state index contributed by atoms with van der Waals surface area (Å²) in [6.07, 6.45) is 6.47. The number of halogens is 1. The van der Waals surface area contributed by atoms with Crippen LogP contribution in [-0.4, -0.2) is 40.8 Å². The van der Waals surface area contributed by atoms with Crippen LogP contribution in [0.3, 0.4) is 0 Å². The maximum atomic E-state index is 15.5. The van der Waals surface area contributed by atoms with E-state index in [1.807, 2.05) is 46.1 Å². The van der Waals surface area contributed by atoms with Crippen LogP contribution in [0.2, 0.25) is 0 Å². The molecule has 0 saturated heterocycles. The summed E-state index contributed by atoms with van der Waals surface area (Å²) in [7, 11) is 1.83. The van der Waals surface area contributed by atoms with E-state index in [1.54, 1.807) is 23.1 Å². The standard InChI is InChI=1S/C26H25FN8O2/c1-25(2,3)24-32-22(34-37-24)23(36)33-26(8-9-26)17-6-5-14(11-18(17)27)16-7-10-28-21-19(16)30-20(31-21)15-12-29-35(4)13-15/h5-7,10-13H,8-9H2,1-4H3,(H,33,36)(H,28,30,31). The number of aromatic nitrogens is 7. The average molecular weight is 501 g/mol. The number of carbonyl (C=O) groups excluding carboxylic acids is 1. The van der Waals surface area contributed by atoms with E-state index in [0.29, 0.717) is 46.8 Å². The minimum Gasteiger partial charge on any atom is -0.340 e. The minimum atomic E-state index is -0.796. The molecule has 1 amide bonds. The second-order valence-corrected chi connectivity index (χ2v) is 10.4. The van der Waals surface area contributed by atoms with E-state index in [2.05, 4.69) is 30.5 Å². The zero-order valence-electron chi connectivity index (χ0n) is 20.8. The van der Waals surface area contributed by atoms with Crippen LogP contribution in [0.4, 0.5) is 4.39 Å². The van der Waals surface area contributed by atoms with E-state index >= 15 is 4.39 Å². The molecule has 0 atom stereocenters. The van der Waals surface area contributed by atoms with Gasteiger partial charge < -0.3 is 14.8 Å². The number of aryl methyl sites for hydroxylation is 1. The van der Waals surface area contributed by atoms with Gasteiger partial charge in [0.2, 0.25) is 5.89 Å². The summed E-state index contributed by atoms with van der Waals surface area (Å²) in [5, 5.41) is 10.9. The fourth-order valence-corrected chi connectivity index (χ4v) is 4.37. The molecule has 188 valence electrons. The summed E-state index contributed by atoms with van der Waals surface area (Å²) in [5.41, 5.74) is 2.72. The van der Waals surface area contributed by atoms with Crippen molar-refractivity contribution < 1.29 is 13.7 Å². The van der Waals surface area contributed by atoms with Crippen molar-refractivity contribution >= 4 is 17.1 Å². The molecule has 0 spiro atoms. The van der Waals surface area contributed by atoms with Crippen LogP contribution < -0.4 is 5.32 Å². The molecule has 5 aromatic rings. The van der Waals surface area contributed by atoms with Crippen LogP contribution in [0.25, 0.3) is 33.7 Å². The van der Waals surface area contributed by atoms with Gasteiger partial charge >= 0.3 is 0 Å². The third-order valence-corrected chi connectivity index (χ3v) is 6.53. The smallest absolute Gasteiger partial charge is 0.293 e. The number of H-pyrrole nitrogens is 1. The first-order chi connectivity index (χ1) is 17.6. The summed E-state index contributed by atoms with van der Waals surface area (Å²) in [6.45, 7) is 5.75. The quantitative estimate of drug-likeness (QED) is 0.369. The lowest BCUT2D eigenvalue weighted by Gasteiger charge is -2.18. The molecule has 37 heavy (non-hydrogen) atoms. The van der Waals surface area contributed by atoms with Gasteiger partial charge in [-0.25, -0.2) is 14.4 Å². The Kier molecular flexibility index (Phi) is 5.01. The van der Waals surface area contributed by atoms with E-state index in [4.69, 9.17) is 9.51 Å². The fourth-order valence-electron chi connectivity index (χ4n) is 4.37. The molecule has 0 unspecified atom stereocenters. The summed E-state index contributed by atoms with van der Waals surface area (Å²) in [5.74, 6) is 0.0419. The number of nitrogens with zero attached hydrogens (tertiary/aromatic N) is 6. The van der Waals surface area contributed by atoms with Crippen molar-refractivity contribution in [3.05, 3.63) is 66.0 Å². The minimum absolute atomic E-state index is 0.0599. The van der Waals surface area contributed by atoms with E-state index in [1.165, 1.54) is 6.07 Å². The molecule has 1 aromatic carbocycles. The number of carbonyl (C=O) groups is 1. The maximum Gasteiger partial charge on any atom is 0.293 e. The van der Waals surface area contributed by atoms with Gasteiger partial charge in [-0.1, -0.05) is 38.1 Å². The number of rotatable bonds is 5. The molecular weight excluding hydrogens is 475 g/mol. The Hall–Kier alpha value is -4.41. The molecule has 11 heteroatoms. The van der Waals surface area contributed by atoms with Gasteiger partial charge in [0.25, 0.3) is 11.7 Å².